The van der Waals surface area contributed by atoms with E-state index in [0.29, 0.717) is 44.5 Å². The summed E-state index contributed by atoms with van der Waals surface area (Å²) >= 11 is 0. The van der Waals surface area contributed by atoms with E-state index in [4.69, 9.17) is 4.74 Å². The van der Waals surface area contributed by atoms with Gasteiger partial charge >= 0.3 is 0 Å². The average molecular weight is 384 g/mol. The number of ether oxygens (including phenoxy) is 1. The summed E-state index contributed by atoms with van der Waals surface area (Å²) in [6.07, 6.45) is 1.70. The van der Waals surface area contributed by atoms with Gasteiger partial charge in [0.05, 0.1) is 13.0 Å². The van der Waals surface area contributed by atoms with E-state index in [-0.39, 0.29) is 17.9 Å². The summed E-state index contributed by atoms with van der Waals surface area (Å²) < 4.78 is 18.7. The molecule has 1 aliphatic heterocycles. The van der Waals surface area contributed by atoms with E-state index in [1.165, 1.54) is 18.2 Å². The molecule has 2 aromatic rings. The third-order valence-corrected chi connectivity index (χ3v) is 4.82. The predicted octanol–water partition coefficient (Wildman–Crippen LogP) is 3.19. The van der Waals surface area contributed by atoms with Gasteiger partial charge in [-0.15, -0.1) is 0 Å². The molecule has 3 rings (SSSR count). The van der Waals surface area contributed by atoms with Crippen LogP contribution in [0.1, 0.15) is 35.7 Å². The number of carbonyl (C=O) groups is 2. The molecular weight excluding hydrogens is 359 g/mol. The van der Waals surface area contributed by atoms with Gasteiger partial charge in [-0.3, -0.25) is 9.59 Å². The van der Waals surface area contributed by atoms with E-state index < -0.39 is 5.82 Å². The molecule has 28 heavy (non-hydrogen) atoms. The van der Waals surface area contributed by atoms with Crippen molar-refractivity contribution in [1.29, 1.82) is 0 Å². The van der Waals surface area contributed by atoms with Gasteiger partial charge in [0.15, 0.2) is 0 Å². The van der Waals surface area contributed by atoms with Crippen LogP contribution in [0.15, 0.2) is 48.5 Å². The summed E-state index contributed by atoms with van der Waals surface area (Å²) in [5.41, 5.74) is 1.29. The number of amides is 2. The van der Waals surface area contributed by atoms with Crippen molar-refractivity contribution in [2.24, 2.45) is 0 Å². The maximum absolute atomic E-state index is 13.3. The van der Waals surface area contributed by atoms with E-state index in [1.807, 2.05) is 31.2 Å². The first-order valence-electron chi connectivity index (χ1n) is 9.61. The Balaban J connectivity index is 1.46. The summed E-state index contributed by atoms with van der Waals surface area (Å²) in [5.74, 6) is 0.182. The van der Waals surface area contributed by atoms with Crippen LogP contribution in [-0.4, -0.2) is 42.5 Å². The molecule has 6 heteroatoms. The molecule has 1 heterocycles. The van der Waals surface area contributed by atoms with Gasteiger partial charge < -0.3 is 15.0 Å². The van der Waals surface area contributed by atoms with Gasteiger partial charge in [-0.2, -0.15) is 0 Å². The van der Waals surface area contributed by atoms with E-state index in [0.717, 1.165) is 11.3 Å². The van der Waals surface area contributed by atoms with Crippen molar-refractivity contribution in [2.75, 3.05) is 19.7 Å². The maximum Gasteiger partial charge on any atom is 0.253 e. The van der Waals surface area contributed by atoms with Crippen molar-refractivity contribution < 1.29 is 18.7 Å². The number of benzene rings is 2. The molecule has 1 fully saturated rings. The van der Waals surface area contributed by atoms with Gasteiger partial charge in [0.2, 0.25) is 5.91 Å². The fourth-order valence-electron chi connectivity index (χ4n) is 3.37. The van der Waals surface area contributed by atoms with Crippen LogP contribution in [0.3, 0.4) is 0 Å². The molecule has 5 nitrogen and oxygen atoms in total. The van der Waals surface area contributed by atoms with Gasteiger partial charge in [0.25, 0.3) is 5.91 Å². The van der Waals surface area contributed by atoms with Gasteiger partial charge in [-0.05, 0) is 55.7 Å². The van der Waals surface area contributed by atoms with Crippen LogP contribution in [0.5, 0.6) is 5.75 Å². The zero-order valence-corrected chi connectivity index (χ0v) is 16.0. The van der Waals surface area contributed by atoms with Crippen molar-refractivity contribution in [3.8, 4) is 5.75 Å². The zero-order chi connectivity index (χ0) is 19.9. The summed E-state index contributed by atoms with van der Waals surface area (Å²) in [6.45, 7) is 3.63. The van der Waals surface area contributed by atoms with Gasteiger partial charge in [0, 0.05) is 24.7 Å². The molecule has 2 amide bonds. The zero-order valence-electron chi connectivity index (χ0n) is 16.0. The quantitative estimate of drug-likeness (QED) is 0.832. The fourth-order valence-corrected chi connectivity index (χ4v) is 3.37. The lowest BCUT2D eigenvalue weighted by Gasteiger charge is -2.32. The van der Waals surface area contributed by atoms with Gasteiger partial charge in [-0.25, -0.2) is 4.39 Å². The smallest absolute Gasteiger partial charge is 0.253 e. The highest BCUT2D eigenvalue weighted by Crippen LogP contribution is 2.16. The van der Waals surface area contributed by atoms with Crippen LogP contribution in [0.4, 0.5) is 4.39 Å². The maximum atomic E-state index is 13.3. The molecule has 0 saturated carbocycles. The van der Waals surface area contributed by atoms with E-state index in [9.17, 15) is 14.0 Å². The summed E-state index contributed by atoms with van der Waals surface area (Å²) in [7, 11) is 0. The monoisotopic (exact) mass is 384 g/mol. The minimum atomic E-state index is -0.415. The van der Waals surface area contributed by atoms with Crippen molar-refractivity contribution in [3.05, 3.63) is 65.5 Å². The number of nitrogens with one attached hydrogen (secondary N) is 1. The number of likely N-dealkylation sites (tertiary alicyclic amines) is 1. The second-order valence-corrected chi connectivity index (χ2v) is 6.90. The molecule has 2 aromatic carbocycles. The molecule has 0 atom stereocenters. The van der Waals surface area contributed by atoms with Crippen LogP contribution < -0.4 is 10.1 Å². The van der Waals surface area contributed by atoms with Gasteiger partial charge in [-0.1, -0.05) is 18.2 Å². The fraction of sp³-hybridized carbons (Fsp3) is 0.364. The van der Waals surface area contributed by atoms with Crippen LogP contribution in [0.25, 0.3) is 0 Å². The lowest BCUT2D eigenvalue weighted by atomic mass is 10.0. The minimum absolute atomic E-state index is 0.0286. The van der Waals surface area contributed by atoms with E-state index in [2.05, 4.69) is 5.32 Å². The molecule has 1 N–H and O–H groups in total. The second-order valence-electron chi connectivity index (χ2n) is 6.90. The first-order chi connectivity index (χ1) is 13.5. The molecule has 0 bridgehead atoms. The first-order valence-corrected chi connectivity index (χ1v) is 9.61. The van der Waals surface area contributed by atoms with E-state index >= 15 is 0 Å². The molecule has 1 aliphatic rings. The SMILES string of the molecule is CCOc1ccc(CC(=O)NC2CCN(C(=O)c3cccc(F)c3)CC2)cc1. The topological polar surface area (TPSA) is 58.6 Å². The standard InChI is InChI=1S/C22H25FN2O3/c1-2-28-20-8-6-16(7-9-20)14-21(26)24-19-10-12-25(13-11-19)22(27)17-4-3-5-18(23)15-17/h3-9,15,19H,2,10-14H2,1H3,(H,24,26). The lowest BCUT2D eigenvalue weighted by Crippen LogP contribution is -2.46. The number of hydrogen-bond donors (Lipinski definition) is 1. The Labute approximate surface area is 164 Å². The number of halogens is 1. The summed E-state index contributed by atoms with van der Waals surface area (Å²) in [4.78, 5) is 26.5. The van der Waals surface area contributed by atoms with Crippen molar-refractivity contribution >= 4 is 11.8 Å². The number of carbonyl (C=O) groups excluding carboxylic acids is 2. The Hall–Kier alpha value is -2.89. The average Bonchev–Trinajstić information content (AvgIpc) is 2.70. The molecule has 0 unspecified atom stereocenters. The molecule has 0 aromatic heterocycles. The normalized spacial score (nSPS) is 14.6. The predicted molar refractivity (Wildman–Crippen MR) is 105 cm³/mol. The molecule has 0 aliphatic carbocycles. The number of rotatable bonds is 6. The number of piperidine rings is 1. The Kier molecular flexibility index (Phi) is 6.63. The van der Waals surface area contributed by atoms with Crippen LogP contribution in [0.2, 0.25) is 0 Å². The Morgan fingerprint density at radius 3 is 2.50 bits per heavy atom. The molecule has 1 saturated heterocycles. The van der Waals surface area contributed by atoms with Gasteiger partial charge in [0.1, 0.15) is 11.6 Å². The lowest BCUT2D eigenvalue weighted by molar-refractivity contribution is -0.121. The molecule has 0 radical (unpaired) electrons. The van der Waals surface area contributed by atoms with Crippen LogP contribution in [-0.2, 0) is 11.2 Å². The third kappa shape index (κ3) is 5.31. The van der Waals surface area contributed by atoms with Crippen molar-refractivity contribution in [2.45, 2.75) is 32.2 Å². The highest BCUT2D eigenvalue weighted by atomic mass is 19.1. The van der Waals surface area contributed by atoms with Crippen molar-refractivity contribution in [3.63, 3.8) is 0 Å². The minimum Gasteiger partial charge on any atom is -0.494 e. The Bertz CT molecular complexity index is 815. The second kappa shape index (κ2) is 9.35. The van der Waals surface area contributed by atoms with Crippen molar-refractivity contribution in [1.82, 2.24) is 10.2 Å². The molecular formula is C22H25FN2O3. The number of nitrogens with zero attached hydrogens (tertiary/aromatic N) is 1. The highest BCUT2D eigenvalue weighted by Gasteiger charge is 2.24. The highest BCUT2D eigenvalue weighted by molar-refractivity contribution is 5.94. The Morgan fingerprint density at radius 1 is 1.14 bits per heavy atom. The number of hydrogen-bond acceptors (Lipinski definition) is 3. The van der Waals surface area contributed by atoms with Crippen LogP contribution in [0, 0.1) is 5.82 Å². The third-order valence-electron chi connectivity index (χ3n) is 4.82. The summed E-state index contributed by atoms with van der Waals surface area (Å²) in [6, 6.07) is 13.3. The summed E-state index contributed by atoms with van der Waals surface area (Å²) in [5, 5.41) is 3.05. The first kappa shape index (κ1) is 19.9. The largest absolute Gasteiger partial charge is 0.494 e. The Morgan fingerprint density at radius 2 is 1.86 bits per heavy atom. The molecule has 148 valence electrons. The van der Waals surface area contributed by atoms with Crippen LogP contribution >= 0.6 is 0 Å². The molecule has 0 spiro atoms. The van der Waals surface area contributed by atoms with E-state index in [1.54, 1.807) is 11.0 Å².